The van der Waals surface area contributed by atoms with Crippen LogP contribution in [0.3, 0.4) is 0 Å². The molecule has 1 aliphatic heterocycles. The van der Waals surface area contributed by atoms with Crippen LogP contribution in [0.15, 0.2) is 18.2 Å². The highest BCUT2D eigenvalue weighted by Gasteiger charge is 2.17. The highest BCUT2D eigenvalue weighted by Crippen LogP contribution is 2.25. The van der Waals surface area contributed by atoms with Crippen molar-refractivity contribution in [1.82, 2.24) is 0 Å². The molecule has 0 saturated heterocycles. The van der Waals surface area contributed by atoms with Crippen LogP contribution in [-0.2, 0) is 11.3 Å². The fourth-order valence-corrected chi connectivity index (χ4v) is 1.64. The summed E-state index contributed by atoms with van der Waals surface area (Å²) in [6.07, 6.45) is 0. The number of anilines is 1. The summed E-state index contributed by atoms with van der Waals surface area (Å²) in [5.41, 5.74) is 2.44. The predicted molar refractivity (Wildman–Crippen MR) is 57.5 cm³/mol. The largest absolute Gasteiger partial charge is 0.466 e. The van der Waals surface area contributed by atoms with E-state index in [4.69, 9.17) is 17.0 Å². The zero-order valence-electron chi connectivity index (χ0n) is 7.66. The van der Waals surface area contributed by atoms with Gasteiger partial charge in [-0.15, -0.1) is 0 Å². The van der Waals surface area contributed by atoms with Crippen LogP contribution in [0.2, 0.25) is 0 Å². The van der Waals surface area contributed by atoms with E-state index in [1.807, 2.05) is 12.1 Å². The fraction of sp³-hybridized carbons (Fsp3) is 0.200. The van der Waals surface area contributed by atoms with Crippen LogP contribution >= 0.6 is 12.2 Å². The Morgan fingerprint density at radius 3 is 3.07 bits per heavy atom. The first-order valence-electron chi connectivity index (χ1n) is 4.25. The number of benzene rings is 1. The van der Waals surface area contributed by atoms with Crippen molar-refractivity contribution in [2.45, 2.75) is 13.5 Å². The Kier molecular flexibility index (Phi) is 2.21. The van der Waals surface area contributed by atoms with Crippen molar-refractivity contribution < 1.29 is 9.53 Å². The van der Waals surface area contributed by atoms with E-state index in [0.29, 0.717) is 17.3 Å². The van der Waals surface area contributed by atoms with Gasteiger partial charge < -0.3 is 10.1 Å². The van der Waals surface area contributed by atoms with Crippen LogP contribution in [0, 0.1) is 0 Å². The minimum atomic E-state index is 0.0417. The first-order chi connectivity index (χ1) is 6.68. The monoisotopic (exact) mass is 207 g/mol. The summed E-state index contributed by atoms with van der Waals surface area (Å²) in [4.78, 5) is 11.3. The van der Waals surface area contributed by atoms with Gasteiger partial charge in [-0.1, -0.05) is 12.1 Å². The van der Waals surface area contributed by atoms with E-state index in [1.54, 1.807) is 13.0 Å². The van der Waals surface area contributed by atoms with Crippen molar-refractivity contribution >= 4 is 28.9 Å². The van der Waals surface area contributed by atoms with E-state index >= 15 is 0 Å². The lowest BCUT2D eigenvalue weighted by atomic mass is 10.0. The molecule has 0 aliphatic carbocycles. The van der Waals surface area contributed by atoms with Gasteiger partial charge in [0, 0.05) is 16.8 Å². The molecule has 0 spiro atoms. The summed E-state index contributed by atoms with van der Waals surface area (Å²) in [5.74, 6) is 0.0417. The topological polar surface area (TPSA) is 38.3 Å². The summed E-state index contributed by atoms with van der Waals surface area (Å²) < 4.78 is 5.16. The Morgan fingerprint density at radius 1 is 1.57 bits per heavy atom. The molecule has 1 heterocycles. The van der Waals surface area contributed by atoms with Gasteiger partial charge in [-0.25, -0.2) is 0 Å². The van der Waals surface area contributed by atoms with Crippen molar-refractivity contribution in [3.8, 4) is 0 Å². The van der Waals surface area contributed by atoms with Crippen LogP contribution in [0.5, 0.6) is 0 Å². The van der Waals surface area contributed by atoms with Crippen molar-refractivity contribution in [1.29, 1.82) is 0 Å². The molecule has 72 valence electrons. The number of fused-ring (bicyclic) bond motifs is 1. The second-order valence-corrected chi connectivity index (χ2v) is 3.46. The molecule has 0 radical (unpaired) electrons. The highest BCUT2D eigenvalue weighted by molar-refractivity contribution is 7.80. The Morgan fingerprint density at radius 2 is 2.36 bits per heavy atom. The van der Waals surface area contributed by atoms with E-state index in [0.717, 1.165) is 11.3 Å². The average Bonchev–Trinajstić information content (AvgIpc) is 2.16. The van der Waals surface area contributed by atoms with Gasteiger partial charge >= 0.3 is 0 Å². The van der Waals surface area contributed by atoms with Crippen molar-refractivity contribution in [3.05, 3.63) is 29.3 Å². The van der Waals surface area contributed by atoms with Crippen molar-refractivity contribution in [2.24, 2.45) is 0 Å². The van der Waals surface area contributed by atoms with Crippen LogP contribution in [0.25, 0.3) is 0 Å². The lowest BCUT2D eigenvalue weighted by Gasteiger charge is -2.21. The molecular weight excluding hydrogens is 198 g/mol. The highest BCUT2D eigenvalue weighted by atomic mass is 32.1. The maximum absolute atomic E-state index is 11.3. The smallest absolute Gasteiger partial charge is 0.261 e. The molecule has 1 aromatic rings. The first kappa shape index (κ1) is 9.15. The number of hydrogen-bond donors (Lipinski definition) is 1. The summed E-state index contributed by atoms with van der Waals surface area (Å²) >= 11 is 4.87. The number of Topliss-reactive ketones (excluding diaryl/α,β-unsaturated/α-hetero) is 1. The second kappa shape index (κ2) is 3.38. The van der Waals surface area contributed by atoms with Gasteiger partial charge in [0.2, 0.25) is 0 Å². The van der Waals surface area contributed by atoms with Crippen molar-refractivity contribution in [2.75, 3.05) is 5.32 Å². The third kappa shape index (κ3) is 1.48. The predicted octanol–water partition coefficient (Wildman–Crippen LogP) is 2.12. The Bertz CT molecular complexity index is 415. The lowest BCUT2D eigenvalue weighted by Crippen LogP contribution is -2.21. The van der Waals surface area contributed by atoms with Gasteiger partial charge in [0.15, 0.2) is 5.78 Å². The molecule has 14 heavy (non-hydrogen) atoms. The molecule has 4 heteroatoms. The first-order valence-corrected chi connectivity index (χ1v) is 4.66. The van der Waals surface area contributed by atoms with Crippen LogP contribution in [-0.4, -0.2) is 11.0 Å². The number of carbonyl (C=O) groups is 1. The van der Waals surface area contributed by atoms with E-state index in [1.165, 1.54) is 0 Å². The second-order valence-electron chi connectivity index (χ2n) is 3.09. The molecule has 0 atom stereocenters. The van der Waals surface area contributed by atoms with E-state index in [-0.39, 0.29) is 5.78 Å². The molecule has 0 aromatic heterocycles. The molecular formula is C10H9NO2S. The molecule has 0 bridgehead atoms. The minimum Gasteiger partial charge on any atom is -0.466 e. The summed E-state index contributed by atoms with van der Waals surface area (Å²) in [5, 5.41) is 3.27. The minimum absolute atomic E-state index is 0.0417. The van der Waals surface area contributed by atoms with Gasteiger partial charge in [-0.3, -0.25) is 4.79 Å². The molecule has 3 nitrogen and oxygen atoms in total. The van der Waals surface area contributed by atoms with Gasteiger partial charge in [0.1, 0.15) is 6.61 Å². The van der Waals surface area contributed by atoms with E-state index in [9.17, 15) is 4.79 Å². The van der Waals surface area contributed by atoms with Crippen LogP contribution < -0.4 is 5.32 Å². The van der Waals surface area contributed by atoms with Crippen LogP contribution in [0.4, 0.5) is 5.69 Å². The molecule has 0 unspecified atom stereocenters. The quantitative estimate of drug-likeness (QED) is 0.565. The maximum atomic E-state index is 11.3. The van der Waals surface area contributed by atoms with Crippen molar-refractivity contribution in [3.63, 3.8) is 0 Å². The Labute approximate surface area is 87.1 Å². The average molecular weight is 207 g/mol. The summed E-state index contributed by atoms with van der Waals surface area (Å²) in [6, 6.07) is 5.51. The molecule has 0 fully saturated rings. The molecule has 0 amide bonds. The summed E-state index contributed by atoms with van der Waals surface area (Å²) in [6.45, 7) is 1.92. The Hall–Kier alpha value is -1.42. The third-order valence-corrected chi connectivity index (χ3v) is 2.36. The van der Waals surface area contributed by atoms with E-state index in [2.05, 4.69) is 5.32 Å². The zero-order chi connectivity index (χ0) is 10.1. The van der Waals surface area contributed by atoms with Gasteiger partial charge in [0.25, 0.3) is 5.17 Å². The molecule has 0 saturated carbocycles. The number of ketones is 1. The normalized spacial score (nSPS) is 13.9. The van der Waals surface area contributed by atoms with Gasteiger partial charge in [0.05, 0.1) is 0 Å². The standard InChI is InChI=1S/C10H9NO2S/c1-6(12)7-3-2-4-9-8(7)5-13-10(14)11-9/h2-4H,5H2,1H3,(H,11,14). The number of nitrogens with one attached hydrogen (secondary N) is 1. The van der Waals surface area contributed by atoms with Gasteiger partial charge in [-0.05, 0) is 25.2 Å². The molecule has 1 N–H and O–H groups in total. The molecule has 1 aromatic carbocycles. The molecule has 1 aliphatic rings. The number of hydrogen-bond acceptors (Lipinski definition) is 3. The van der Waals surface area contributed by atoms with Gasteiger partial charge in [-0.2, -0.15) is 0 Å². The number of rotatable bonds is 1. The lowest BCUT2D eigenvalue weighted by molar-refractivity contribution is 0.101. The fourth-order valence-electron chi connectivity index (χ4n) is 1.47. The zero-order valence-corrected chi connectivity index (χ0v) is 8.48. The number of carbonyl (C=O) groups excluding carboxylic acids is 1. The third-order valence-electron chi connectivity index (χ3n) is 2.14. The molecule has 2 rings (SSSR count). The number of thiocarbonyl (C=S) groups is 1. The summed E-state index contributed by atoms with van der Waals surface area (Å²) in [7, 11) is 0. The maximum Gasteiger partial charge on any atom is 0.261 e. The Balaban J connectivity index is 2.52. The number of ether oxygens (including phenoxy) is 1. The van der Waals surface area contributed by atoms with Crippen LogP contribution in [0.1, 0.15) is 22.8 Å². The van der Waals surface area contributed by atoms with E-state index < -0.39 is 0 Å². The SMILES string of the molecule is CC(=O)c1cccc2c1COC(=S)N2.